The van der Waals surface area contributed by atoms with Crippen molar-refractivity contribution in [2.24, 2.45) is 0 Å². The number of aryl methyl sites for hydroxylation is 4. The first kappa shape index (κ1) is 28.5. The van der Waals surface area contributed by atoms with Crippen molar-refractivity contribution in [2.45, 2.75) is 57.4 Å². The molecule has 3 rings (SSSR count). The Morgan fingerprint density at radius 2 is 0.808 bits per heavy atom. The van der Waals surface area contributed by atoms with Gasteiger partial charge in [0.25, 0.3) is 0 Å². The van der Waals surface area contributed by atoms with E-state index in [1.165, 1.54) is 33.4 Å². The van der Waals surface area contributed by atoms with Crippen LogP contribution < -0.4 is 0 Å². The van der Waals surface area contributed by atoms with E-state index in [2.05, 4.69) is 100 Å². The maximum absolute atomic E-state index is 2.21. The largest absolute Gasteiger partial charge is 0.0776 e. The smallest absolute Gasteiger partial charge is 0.0181 e. The summed E-state index contributed by atoms with van der Waals surface area (Å²) in [6.45, 7) is 8.44. The first-order valence-corrected chi connectivity index (χ1v) is 7.71. The van der Waals surface area contributed by atoms with Crippen LogP contribution in [0.15, 0.2) is 72.8 Å². The average Bonchev–Trinajstić information content (AvgIpc) is 2.48. The molecule has 0 N–H and O–H groups in total. The topological polar surface area (TPSA) is 0 Å². The molecule has 0 bridgehead atoms. The van der Waals surface area contributed by atoms with E-state index < -0.39 is 0 Å². The predicted octanol–water partition coefficient (Wildman–Crippen LogP) is 8.82. The van der Waals surface area contributed by atoms with Gasteiger partial charge in [0.15, 0.2) is 0 Å². The first-order valence-electron chi connectivity index (χ1n) is 7.71. The molecule has 0 aliphatic rings. The van der Waals surface area contributed by atoms with Gasteiger partial charge >= 0.3 is 0 Å². The molecule has 0 heterocycles. The zero-order chi connectivity index (χ0) is 15.9. The maximum atomic E-state index is 2.21. The summed E-state index contributed by atoms with van der Waals surface area (Å²) in [6, 6.07) is 25.7. The minimum atomic E-state index is 0. The standard InChI is InChI=1S/C14H14.C8H10.4CH4/c1-11-6-8-13(9-7-11)14-5-3-4-12(2)10-14;1-7-4-3-5-8(2)6-7;;;;/h3-10H,1-2H3;3-6H,1-2H3;4*1H4. The summed E-state index contributed by atoms with van der Waals surface area (Å²) in [7, 11) is 0. The molecule has 0 aliphatic heterocycles. The van der Waals surface area contributed by atoms with Gasteiger partial charge in [-0.1, -0.05) is 125 Å². The normalized spacial score (nSPS) is 8.31. The van der Waals surface area contributed by atoms with Crippen LogP contribution in [0.25, 0.3) is 11.1 Å². The van der Waals surface area contributed by atoms with E-state index in [0.717, 1.165) is 0 Å². The first-order chi connectivity index (χ1) is 10.5. The second-order valence-corrected chi connectivity index (χ2v) is 5.89. The molecule has 0 unspecified atom stereocenters. The van der Waals surface area contributed by atoms with Gasteiger partial charge in [0.2, 0.25) is 0 Å². The summed E-state index contributed by atoms with van der Waals surface area (Å²) in [5.74, 6) is 0. The Labute approximate surface area is 163 Å². The number of hydrogen-bond acceptors (Lipinski definition) is 0. The van der Waals surface area contributed by atoms with Crippen molar-refractivity contribution in [1.82, 2.24) is 0 Å². The Morgan fingerprint density at radius 3 is 1.19 bits per heavy atom. The van der Waals surface area contributed by atoms with E-state index >= 15 is 0 Å². The molecule has 0 saturated carbocycles. The summed E-state index contributed by atoms with van der Waals surface area (Å²) in [6.07, 6.45) is 0. The van der Waals surface area contributed by atoms with Crippen LogP contribution in [-0.4, -0.2) is 0 Å². The Hall–Kier alpha value is -2.34. The molecule has 144 valence electrons. The highest BCUT2D eigenvalue weighted by atomic mass is 14.0. The van der Waals surface area contributed by atoms with Gasteiger partial charge in [-0.25, -0.2) is 0 Å². The molecule has 0 spiro atoms. The van der Waals surface area contributed by atoms with Crippen molar-refractivity contribution < 1.29 is 0 Å². The van der Waals surface area contributed by atoms with Crippen LogP contribution in [-0.2, 0) is 0 Å². The lowest BCUT2D eigenvalue weighted by Crippen LogP contribution is -1.79. The fourth-order valence-electron chi connectivity index (χ4n) is 2.38. The van der Waals surface area contributed by atoms with Crippen molar-refractivity contribution in [3.05, 3.63) is 95.1 Å². The fourth-order valence-corrected chi connectivity index (χ4v) is 2.38. The molecule has 0 atom stereocenters. The highest BCUT2D eigenvalue weighted by Crippen LogP contribution is 2.20. The highest BCUT2D eigenvalue weighted by molar-refractivity contribution is 5.64. The quantitative estimate of drug-likeness (QED) is 0.410. The van der Waals surface area contributed by atoms with Gasteiger partial charge in [-0.05, 0) is 38.8 Å². The molecule has 3 aromatic carbocycles. The number of rotatable bonds is 1. The van der Waals surface area contributed by atoms with Crippen molar-refractivity contribution in [1.29, 1.82) is 0 Å². The van der Waals surface area contributed by atoms with E-state index in [1.807, 2.05) is 0 Å². The van der Waals surface area contributed by atoms with Crippen LogP contribution in [0.5, 0.6) is 0 Å². The second kappa shape index (κ2) is 13.9. The molecule has 0 nitrogen and oxygen atoms in total. The molecule has 0 radical (unpaired) electrons. The van der Waals surface area contributed by atoms with Crippen LogP contribution in [0.3, 0.4) is 0 Å². The third-order valence-corrected chi connectivity index (χ3v) is 3.58. The minimum Gasteiger partial charge on any atom is -0.0776 e. The van der Waals surface area contributed by atoms with E-state index in [9.17, 15) is 0 Å². The van der Waals surface area contributed by atoms with E-state index in [-0.39, 0.29) is 29.7 Å². The van der Waals surface area contributed by atoms with Crippen molar-refractivity contribution in [2.75, 3.05) is 0 Å². The van der Waals surface area contributed by atoms with Gasteiger partial charge in [-0.3, -0.25) is 0 Å². The van der Waals surface area contributed by atoms with Crippen molar-refractivity contribution in [3.8, 4) is 11.1 Å². The van der Waals surface area contributed by atoms with Crippen LogP contribution in [0, 0.1) is 27.7 Å². The monoisotopic (exact) mass is 352 g/mol. The Bertz CT molecular complexity index is 704. The van der Waals surface area contributed by atoms with E-state index in [4.69, 9.17) is 0 Å². The molecule has 0 aliphatic carbocycles. The van der Waals surface area contributed by atoms with Gasteiger partial charge in [-0.2, -0.15) is 0 Å². The lowest BCUT2D eigenvalue weighted by atomic mass is 10.0. The summed E-state index contributed by atoms with van der Waals surface area (Å²) < 4.78 is 0. The minimum absolute atomic E-state index is 0. The molecule has 26 heavy (non-hydrogen) atoms. The predicted molar refractivity (Wildman–Crippen MR) is 124 cm³/mol. The van der Waals surface area contributed by atoms with E-state index in [1.54, 1.807) is 0 Å². The third-order valence-electron chi connectivity index (χ3n) is 3.58. The van der Waals surface area contributed by atoms with Crippen LogP contribution >= 0.6 is 0 Å². The number of hydrogen-bond donors (Lipinski definition) is 0. The van der Waals surface area contributed by atoms with Crippen molar-refractivity contribution >= 4 is 0 Å². The van der Waals surface area contributed by atoms with Gasteiger partial charge < -0.3 is 0 Å². The van der Waals surface area contributed by atoms with Gasteiger partial charge in [0.05, 0.1) is 0 Å². The maximum Gasteiger partial charge on any atom is -0.0181 e. The summed E-state index contributed by atoms with van der Waals surface area (Å²) in [4.78, 5) is 0. The third kappa shape index (κ3) is 9.22. The highest BCUT2D eigenvalue weighted by Gasteiger charge is 1.96. The summed E-state index contributed by atoms with van der Waals surface area (Å²) >= 11 is 0. The zero-order valence-electron chi connectivity index (χ0n) is 13.9. The Balaban J connectivity index is -0.000000390. The molecule has 0 fully saturated rings. The average molecular weight is 353 g/mol. The fraction of sp³-hybridized carbons (Fsp3) is 0.308. The van der Waals surface area contributed by atoms with Gasteiger partial charge in [-0.15, -0.1) is 0 Å². The van der Waals surface area contributed by atoms with Gasteiger partial charge in [0.1, 0.15) is 0 Å². The van der Waals surface area contributed by atoms with Crippen LogP contribution in [0.1, 0.15) is 52.0 Å². The van der Waals surface area contributed by atoms with Crippen LogP contribution in [0.4, 0.5) is 0 Å². The SMILES string of the molecule is C.C.C.C.Cc1ccc(-c2cccc(C)c2)cc1.Cc1cccc(C)c1. The lowest BCUT2D eigenvalue weighted by Gasteiger charge is -2.02. The van der Waals surface area contributed by atoms with Gasteiger partial charge in [0, 0.05) is 0 Å². The molecule has 0 aromatic heterocycles. The molecular formula is C26H40. The van der Waals surface area contributed by atoms with Crippen molar-refractivity contribution in [3.63, 3.8) is 0 Å². The molecule has 0 saturated heterocycles. The molecule has 3 aromatic rings. The van der Waals surface area contributed by atoms with E-state index in [0.29, 0.717) is 0 Å². The second-order valence-electron chi connectivity index (χ2n) is 5.89. The molecule has 0 amide bonds. The Kier molecular flexibility index (Phi) is 15.2. The summed E-state index contributed by atoms with van der Waals surface area (Å²) in [5.41, 5.74) is 7.88. The molecule has 0 heteroatoms. The lowest BCUT2D eigenvalue weighted by molar-refractivity contribution is 1.39. The Morgan fingerprint density at radius 1 is 0.385 bits per heavy atom. The number of benzene rings is 3. The van der Waals surface area contributed by atoms with Crippen LogP contribution in [0.2, 0.25) is 0 Å². The summed E-state index contributed by atoms with van der Waals surface area (Å²) in [5, 5.41) is 0. The molecular weight excluding hydrogens is 312 g/mol. The zero-order valence-corrected chi connectivity index (χ0v) is 13.9.